The van der Waals surface area contributed by atoms with Gasteiger partial charge in [0.2, 0.25) is 0 Å². The molecular weight excluding hydrogens is 358 g/mol. The minimum absolute atomic E-state index is 0.280. The molecular formula is C26H23NO2. The normalized spacial score (nSPS) is 13.4. The second-order valence-electron chi connectivity index (χ2n) is 7.60. The second-order valence-corrected chi connectivity index (χ2v) is 7.60. The van der Waals surface area contributed by atoms with Crippen LogP contribution in [0.15, 0.2) is 78.9 Å². The lowest BCUT2D eigenvalue weighted by molar-refractivity contribution is -0.120. The molecule has 1 aliphatic rings. The molecule has 0 saturated carbocycles. The molecule has 0 radical (unpaired) electrons. The Bertz CT molecular complexity index is 1040. The molecule has 3 aromatic carbocycles. The Morgan fingerprint density at radius 3 is 1.55 bits per heavy atom. The lowest BCUT2D eigenvalue weighted by Crippen LogP contribution is -2.31. The Balaban J connectivity index is 1.80. The summed E-state index contributed by atoms with van der Waals surface area (Å²) in [5, 5.41) is 0. The van der Waals surface area contributed by atoms with Crippen molar-refractivity contribution < 1.29 is 9.59 Å². The number of carbonyl (C=O) groups is 2. The van der Waals surface area contributed by atoms with E-state index in [0.29, 0.717) is 12.8 Å². The zero-order valence-electron chi connectivity index (χ0n) is 16.7. The van der Waals surface area contributed by atoms with E-state index in [1.54, 1.807) is 0 Å². The maximum absolute atomic E-state index is 12.5. The molecule has 144 valence electrons. The van der Waals surface area contributed by atoms with Crippen molar-refractivity contribution in [3.8, 4) is 0 Å². The van der Waals surface area contributed by atoms with Gasteiger partial charge < -0.3 is 0 Å². The second kappa shape index (κ2) is 7.88. The van der Waals surface area contributed by atoms with Crippen LogP contribution in [0, 0.1) is 13.8 Å². The van der Waals surface area contributed by atoms with Crippen LogP contribution in [0.2, 0.25) is 0 Å². The molecule has 29 heavy (non-hydrogen) atoms. The van der Waals surface area contributed by atoms with Crippen LogP contribution in [0.1, 0.15) is 33.4 Å². The fraction of sp³-hybridized carbons (Fsp3) is 0.154. The molecule has 0 unspecified atom stereocenters. The van der Waals surface area contributed by atoms with Crippen molar-refractivity contribution >= 4 is 17.5 Å². The average Bonchev–Trinajstić information content (AvgIpc) is 3.01. The summed E-state index contributed by atoms with van der Waals surface area (Å²) >= 11 is 0. The van der Waals surface area contributed by atoms with Crippen molar-refractivity contribution in [1.82, 2.24) is 0 Å². The summed E-state index contributed by atoms with van der Waals surface area (Å²) in [7, 11) is 0. The maximum Gasteiger partial charge on any atom is 0.258 e. The van der Waals surface area contributed by atoms with Gasteiger partial charge in [-0.3, -0.25) is 9.59 Å². The smallest absolute Gasteiger partial charge is 0.258 e. The van der Waals surface area contributed by atoms with Gasteiger partial charge in [-0.15, -0.1) is 0 Å². The largest absolute Gasteiger partial charge is 0.269 e. The third-order valence-electron chi connectivity index (χ3n) is 5.19. The lowest BCUT2D eigenvalue weighted by Gasteiger charge is -2.22. The van der Waals surface area contributed by atoms with Gasteiger partial charge in [-0.25, -0.2) is 4.90 Å². The van der Waals surface area contributed by atoms with Gasteiger partial charge in [-0.2, -0.15) is 0 Å². The highest BCUT2D eigenvalue weighted by atomic mass is 16.2. The molecule has 0 atom stereocenters. The van der Waals surface area contributed by atoms with Crippen molar-refractivity contribution in [3.63, 3.8) is 0 Å². The van der Waals surface area contributed by atoms with Crippen LogP contribution in [0.5, 0.6) is 0 Å². The molecule has 0 saturated heterocycles. The van der Waals surface area contributed by atoms with Gasteiger partial charge >= 0.3 is 0 Å². The van der Waals surface area contributed by atoms with Crippen LogP contribution >= 0.6 is 0 Å². The molecule has 0 spiro atoms. The van der Waals surface area contributed by atoms with E-state index in [1.165, 1.54) is 28.2 Å². The highest BCUT2D eigenvalue weighted by molar-refractivity contribution is 6.28. The first-order valence-electron chi connectivity index (χ1n) is 9.79. The molecule has 3 aromatic rings. The van der Waals surface area contributed by atoms with Crippen LogP contribution in [-0.4, -0.2) is 11.8 Å². The van der Waals surface area contributed by atoms with E-state index < -0.39 is 0 Å². The predicted molar refractivity (Wildman–Crippen MR) is 116 cm³/mol. The Morgan fingerprint density at radius 1 is 0.655 bits per heavy atom. The third kappa shape index (κ3) is 4.04. The standard InChI is InChI=1S/C26H23NO2/c1-18-6-3-8-20(14-18)16-22-10-5-11-23(17-21-9-4-7-19(2)15-21)26(22)27-24(28)12-13-25(27)29/h3-15H,16-17H2,1-2H3. The Kier molecular flexibility index (Phi) is 5.13. The zero-order chi connectivity index (χ0) is 20.4. The number of anilines is 1. The molecule has 1 heterocycles. The van der Waals surface area contributed by atoms with Gasteiger partial charge in [-0.1, -0.05) is 77.9 Å². The molecule has 0 bridgehead atoms. The fourth-order valence-corrected chi connectivity index (χ4v) is 3.92. The van der Waals surface area contributed by atoms with E-state index in [-0.39, 0.29) is 11.8 Å². The number of carbonyl (C=O) groups excluding carboxylic acids is 2. The molecule has 4 rings (SSSR count). The first-order chi connectivity index (χ1) is 14.0. The summed E-state index contributed by atoms with van der Waals surface area (Å²) in [6.07, 6.45) is 4.02. The molecule has 0 aromatic heterocycles. The summed E-state index contributed by atoms with van der Waals surface area (Å²) in [5.41, 5.74) is 7.37. The fourth-order valence-electron chi connectivity index (χ4n) is 3.92. The number of imide groups is 1. The van der Waals surface area contributed by atoms with Crippen LogP contribution < -0.4 is 4.90 Å². The van der Waals surface area contributed by atoms with E-state index in [1.807, 2.05) is 30.3 Å². The Hall–Kier alpha value is -3.46. The summed E-state index contributed by atoms with van der Waals surface area (Å²) in [6, 6.07) is 22.7. The zero-order valence-corrected chi connectivity index (χ0v) is 16.7. The molecule has 2 amide bonds. The van der Waals surface area contributed by atoms with E-state index in [0.717, 1.165) is 27.9 Å². The van der Waals surface area contributed by atoms with Crippen molar-refractivity contribution in [1.29, 1.82) is 0 Å². The van der Waals surface area contributed by atoms with E-state index >= 15 is 0 Å². The van der Waals surface area contributed by atoms with Crippen molar-refractivity contribution in [3.05, 3.63) is 112 Å². The lowest BCUT2D eigenvalue weighted by atomic mass is 9.94. The highest BCUT2D eigenvalue weighted by Gasteiger charge is 2.29. The quantitative estimate of drug-likeness (QED) is 0.589. The molecule has 3 nitrogen and oxygen atoms in total. The number of hydrogen-bond donors (Lipinski definition) is 0. The van der Waals surface area contributed by atoms with Crippen LogP contribution in [-0.2, 0) is 22.4 Å². The van der Waals surface area contributed by atoms with Crippen molar-refractivity contribution in [2.45, 2.75) is 26.7 Å². The summed E-state index contributed by atoms with van der Waals surface area (Å²) in [5.74, 6) is -0.561. The number of benzene rings is 3. The molecule has 3 heteroatoms. The number of amides is 2. The number of hydrogen-bond acceptors (Lipinski definition) is 2. The van der Waals surface area contributed by atoms with Gasteiger partial charge in [0, 0.05) is 12.2 Å². The summed E-state index contributed by atoms with van der Waals surface area (Å²) in [6.45, 7) is 4.13. The SMILES string of the molecule is Cc1cccc(Cc2cccc(Cc3cccc(C)c3)c2N2C(=O)C=CC2=O)c1. The molecule has 1 aliphatic heterocycles. The third-order valence-corrected chi connectivity index (χ3v) is 5.19. The first-order valence-corrected chi connectivity index (χ1v) is 9.79. The van der Waals surface area contributed by atoms with Gasteiger partial charge in [-0.05, 0) is 48.9 Å². The first kappa shape index (κ1) is 18.9. The highest BCUT2D eigenvalue weighted by Crippen LogP contribution is 2.32. The number of nitrogens with zero attached hydrogens (tertiary/aromatic N) is 1. The average molecular weight is 381 g/mol. The van der Waals surface area contributed by atoms with Crippen molar-refractivity contribution in [2.75, 3.05) is 4.90 Å². The predicted octanol–water partition coefficient (Wildman–Crippen LogP) is 4.91. The minimum Gasteiger partial charge on any atom is -0.269 e. The van der Waals surface area contributed by atoms with Gasteiger partial charge in [0.1, 0.15) is 0 Å². The Morgan fingerprint density at radius 2 is 1.10 bits per heavy atom. The topological polar surface area (TPSA) is 37.4 Å². The van der Waals surface area contributed by atoms with Crippen molar-refractivity contribution in [2.24, 2.45) is 0 Å². The molecule has 0 N–H and O–H groups in total. The van der Waals surface area contributed by atoms with E-state index in [9.17, 15) is 9.59 Å². The molecule has 0 aliphatic carbocycles. The molecule has 0 fully saturated rings. The van der Waals surface area contributed by atoms with Crippen LogP contribution in [0.4, 0.5) is 5.69 Å². The van der Waals surface area contributed by atoms with E-state index in [4.69, 9.17) is 0 Å². The van der Waals surface area contributed by atoms with E-state index in [2.05, 4.69) is 50.2 Å². The maximum atomic E-state index is 12.5. The summed E-state index contributed by atoms with van der Waals surface area (Å²) in [4.78, 5) is 26.4. The number of aryl methyl sites for hydroxylation is 2. The minimum atomic E-state index is -0.280. The van der Waals surface area contributed by atoms with Gasteiger partial charge in [0.15, 0.2) is 0 Å². The Labute approximate surface area is 171 Å². The number of rotatable bonds is 5. The number of para-hydroxylation sites is 1. The summed E-state index contributed by atoms with van der Waals surface area (Å²) < 4.78 is 0. The van der Waals surface area contributed by atoms with Gasteiger partial charge in [0.25, 0.3) is 11.8 Å². The monoisotopic (exact) mass is 381 g/mol. The van der Waals surface area contributed by atoms with Crippen LogP contribution in [0.3, 0.4) is 0 Å². The van der Waals surface area contributed by atoms with Gasteiger partial charge in [0.05, 0.1) is 5.69 Å². The van der Waals surface area contributed by atoms with Crippen LogP contribution in [0.25, 0.3) is 0 Å².